The van der Waals surface area contributed by atoms with E-state index in [1.807, 2.05) is 36.4 Å². The van der Waals surface area contributed by atoms with Gasteiger partial charge in [0.2, 0.25) is 0 Å². The third-order valence-electron chi connectivity index (χ3n) is 8.45. The third-order valence-corrected chi connectivity index (χ3v) is 13.4. The summed E-state index contributed by atoms with van der Waals surface area (Å²) < 4.78 is 57.9. The predicted octanol–water partition coefficient (Wildman–Crippen LogP) is 9.12. The summed E-state index contributed by atoms with van der Waals surface area (Å²) in [6.45, 7) is 0. The Morgan fingerprint density at radius 3 is 0.844 bits per heavy atom. The second-order valence-electron chi connectivity index (χ2n) is 11.0. The number of allylic oxidation sites excluding steroid dienone is 2. The molecule has 0 nitrogen and oxygen atoms in total. The topological polar surface area (TPSA) is 0 Å². The lowest BCUT2D eigenvalue weighted by molar-refractivity contribution is 0.627. The molecule has 6 aromatic carbocycles. The standard InChI is InChI=1S/C40H26F4Si/c41-31-19-11-27(12-20-31)37-38(28-13-21-32(42)22-14-28)40(30-17-25-34(44)26-18-30)45(35-7-3-1-4-8-35,36-9-5-2-6-10-36)39(37)29-15-23-33(43)24-16-29/h1-26H. The van der Waals surface area contributed by atoms with Crippen LogP contribution in [0.25, 0.3) is 21.5 Å². The maximum absolute atomic E-state index is 14.5. The molecule has 7 rings (SSSR count). The first-order valence-electron chi connectivity index (χ1n) is 14.6. The van der Waals surface area contributed by atoms with Crippen LogP contribution in [-0.4, -0.2) is 8.07 Å². The quantitative estimate of drug-likeness (QED) is 0.130. The fourth-order valence-electron chi connectivity index (χ4n) is 6.64. The minimum Gasteiger partial charge on any atom is -0.207 e. The summed E-state index contributed by atoms with van der Waals surface area (Å²) >= 11 is 0. The Hall–Kier alpha value is -5.26. The van der Waals surface area contributed by atoms with Crippen LogP contribution in [0.2, 0.25) is 0 Å². The summed E-state index contributed by atoms with van der Waals surface area (Å²) in [5, 5.41) is 4.08. The van der Waals surface area contributed by atoms with Gasteiger partial charge in [-0.25, -0.2) is 17.6 Å². The molecule has 6 aromatic rings. The maximum Gasteiger partial charge on any atom is 0.182 e. The van der Waals surface area contributed by atoms with Crippen molar-refractivity contribution in [1.29, 1.82) is 0 Å². The van der Waals surface area contributed by atoms with Gasteiger partial charge in [-0.05, 0) is 103 Å². The van der Waals surface area contributed by atoms with Crippen LogP contribution in [0.3, 0.4) is 0 Å². The van der Waals surface area contributed by atoms with Crippen LogP contribution in [0.4, 0.5) is 17.6 Å². The van der Waals surface area contributed by atoms with E-state index in [0.717, 1.165) is 54.2 Å². The zero-order valence-electron chi connectivity index (χ0n) is 24.0. The molecule has 45 heavy (non-hydrogen) atoms. The monoisotopic (exact) mass is 610 g/mol. The predicted molar refractivity (Wildman–Crippen MR) is 177 cm³/mol. The summed E-state index contributed by atoms with van der Waals surface area (Å²) in [6, 6.07) is 46.1. The molecule has 1 aliphatic heterocycles. The molecular formula is C40H26F4Si. The lowest BCUT2D eigenvalue weighted by Crippen LogP contribution is -2.59. The van der Waals surface area contributed by atoms with Gasteiger partial charge in [-0.2, -0.15) is 0 Å². The Bertz CT molecular complexity index is 1880. The van der Waals surface area contributed by atoms with Gasteiger partial charge in [0, 0.05) is 0 Å². The van der Waals surface area contributed by atoms with Gasteiger partial charge in [0.1, 0.15) is 23.3 Å². The van der Waals surface area contributed by atoms with Crippen molar-refractivity contribution in [3.63, 3.8) is 0 Å². The average Bonchev–Trinajstić information content (AvgIpc) is 3.39. The molecule has 0 aromatic heterocycles. The molecular weight excluding hydrogens is 585 g/mol. The van der Waals surface area contributed by atoms with E-state index in [2.05, 4.69) is 24.3 Å². The molecule has 5 heteroatoms. The van der Waals surface area contributed by atoms with Gasteiger partial charge in [-0.15, -0.1) is 0 Å². The van der Waals surface area contributed by atoms with E-state index in [1.54, 1.807) is 48.5 Å². The van der Waals surface area contributed by atoms with Crippen molar-refractivity contribution in [3.05, 3.63) is 203 Å². The summed E-state index contributed by atoms with van der Waals surface area (Å²) in [7, 11) is -3.35. The van der Waals surface area contributed by atoms with Crippen LogP contribution in [0.15, 0.2) is 158 Å². The van der Waals surface area contributed by atoms with Gasteiger partial charge in [0.05, 0.1) is 0 Å². The Balaban J connectivity index is 1.77. The molecule has 0 amide bonds. The van der Waals surface area contributed by atoms with Crippen molar-refractivity contribution in [2.45, 2.75) is 0 Å². The van der Waals surface area contributed by atoms with Crippen LogP contribution in [0.1, 0.15) is 22.3 Å². The Labute approximate surface area is 260 Å². The van der Waals surface area contributed by atoms with Crippen LogP contribution in [-0.2, 0) is 0 Å². The molecule has 0 saturated carbocycles. The fourth-order valence-corrected chi connectivity index (χ4v) is 12.2. The normalized spacial score (nSPS) is 14.2. The second kappa shape index (κ2) is 11.7. The molecule has 0 spiro atoms. The zero-order chi connectivity index (χ0) is 31.0. The van der Waals surface area contributed by atoms with Crippen LogP contribution < -0.4 is 10.4 Å². The lowest BCUT2D eigenvalue weighted by Gasteiger charge is -2.36. The molecule has 0 fully saturated rings. The van der Waals surface area contributed by atoms with E-state index >= 15 is 0 Å². The molecule has 0 N–H and O–H groups in total. The van der Waals surface area contributed by atoms with E-state index in [9.17, 15) is 17.6 Å². The van der Waals surface area contributed by atoms with Crippen LogP contribution >= 0.6 is 0 Å². The van der Waals surface area contributed by atoms with Gasteiger partial charge >= 0.3 is 0 Å². The van der Waals surface area contributed by atoms with Gasteiger partial charge in [0.25, 0.3) is 0 Å². The van der Waals surface area contributed by atoms with Crippen molar-refractivity contribution in [3.8, 4) is 0 Å². The Kier molecular flexibility index (Phi) is 7.40. The Morgan fingerprint density at radius 1 is 0.289 bits per heavy atom. The smallest absolute Gasteiger partial charge is 0.182 e. The lowest BCUT2D eigenvalue weighted by atomic mass is 9.89. The minimum absolute atomic E-state index is 0.363. The number of halogens is 4. The highest BCUT2D eigenvalue weighted by Crippen LogP contribution is 2.55. The van der Waals surface area contributed by atoms with Crippen LogP contribution in [0.5, 0.6) is 0 Å². The van der Waals surface area contributed by atoms with Crippen molar-refractivity contribution in [1.82, 2.24) is 0 Å². The summed E-state index contributed by atoms with van der Waals surface area (Å²) in [4.78, 5) is 0. The first-order valence-corrected chi connectivity index (χ1v) is 16.6. The third kappa shape index (κ3) is 4.95. The van der Waals surface area contributed by atoms with Crippen molar-refractivity contribution >= 4 is 40.0 Å². The van der Waals surface area contributed by atoms with Crippen molar-refractivity contribution < 1.29 is 17.6 Å². The van der Waals surface area contributed by atoms with E-state index in [0.29, 0.717) is 0 Å². The fraction of sp³-hybridized carbons (Fsp3) is 0. The molecule has 0 atom stereocenters. The number of hydrogen-bond acceptors (Lipinski definition) is 0. The highest BCUT2D eigenvalue weighted by atomic mass is 28.3. The zero-order valence-corrected chi connectivity index (χ0v) is 25.0. The van der Waals surface area contributed by atoms with Crippen LogP contribution in [0, 0.1) is 23.3 Å². The average molecular weight is 611 g/mol. The van der Waals surface area contributed by atoms with Gasteiger partial charge < -0.3 is 0 Å². The molecule has 1 heterocycles. The maximum atomic E-state index is 14.5. The van der Waals surface area contributed by atoms with Crippen molar-refractivity contribution in [2.24, 2.45) is 0 Å². The molecule has 0 unspecified atom stereocenters. The summed E-state index contributed by atoms with van der Waals surface area (Å²) in [5.41, 5.74) is 4.82. The molecule has 218 valence electrons. The summed E-state index contributed by atoms with van der Waals surface area (Å²) in [5.74, 6) is -1.47. The van der Waals surface area contributed by atoms with Gasteiger partial charge in [-0.1, -0.05) is 109 Å². The van der Waals surface area contributed by atoms with E-state index < -0.39 is 8.07 Å². The van der Waals surface area contributed by atoms with E-state index in [1.165, 1.54) is 48.5 Å². The molecule has 0 saturated heterocycles. The number of rotatable bonds is 6. The minimum atomic E-state index is -3.35. The largest absolute Gasteiger partial charge is 0.207 e. The second-order valence-corrected chi connectivity index (χ2v) is 14.7. The first kappa shape index (κ1) is 28.5. The number of hydrogen-bond donors (Lipinski definition) is 0. The van der Waals surface area contributed by atoms with Gasteiger partial charge in [-0.3, -0.25) is 0 Å². The molecule has 1 aliphatic rings. The number of benzene rings is 6. The SMILES string of the molecule is Fc1ccc(C2=C(c3ccc(F)cc3)[Si](c3ccccc3)(c3ccccc3)C(c3ccc(F)cc3)=C2c2ccc(F)cc2)cc1. The molecule has 0 radical (unpaired) electrons. The highest BCUT2D eigenvalue weighted by molar-refractivity contribution is 7.29. The summed E-state index contributed by atoms with van der Waals surface area (Å²) in [6.07, 6.45) is 0. The molecule has 0 bridgehead atoms. The van der Waals surface area contributed by atoms with Crippen molar-refractivity contribution in [2.75, 3.05) is 0 Å². The Morgan fingerprint density at radius 2 is 0.556 bits per heavy atom. The van der Waals surface area contributed by atoms with E-state index in [4.69, 9.17) is 0 Å². The first-order chi connectivity index (χ1) is 22.0. The molecule has 0 aliphatic carbocycles. The highest BCUT2D eigenvalue weighted by Gasteiger charge is 2.53. The van der Waals surface area contributed by atoms with E-state index in [-0.39, 0.29) is 23.3 Å². The van der Waals surface area contributed by atoms with Gasteiger partial charge in [0.15, 0.2) is 8.07 Å².